The van der Waals surface area contributed by atoms with Gasteiger partial charge in [0.15, 0.2) is 5.16 Å². The second kappa shape index (κ2) is 9.03. The van der Waals surface area contributed by atoms with Crippen LogP contribution in [0.3, 0.4) is 0 Å². The minimum Gasteiger partial charge on any atom is -0.342 e. The predicted molar refractivity (Wildman–Crippen MR) is 104 cm³/mol. The van der Waals surface area contributed by atoms with E-state index in [1.165, 1.54) is 6.20 Å². The zero-order chi connectivity index (χ0) is 20.1. The Hall–Kier alpha value is -1.96. The molecule has 8 heteroatoms. The van der Waals surface area contributed by atoms with Gasteiger partial charge in [-0.2, -0.15) is 13.2 Å². The van der Waals surface area contributed by atoms with Crippen LogP contribution in [0, 0.1) is 0 Å². The van der Waals surface area contributed by atoms with E-state index < -0.39 is 18.0 Å². The predicted octanol–water partition coefficient (Wildman–Crippen LogP) is 5.00. The molecule has 1 aromatic carbocycles. The van der Waals surface area contributed by atoms with Gasteiger partial charge in [0.25, 0.3) is 0 Å². The Kier molecular flexibility index (Phi) is 6.69. The van der Waals surface area contributed by atoms with Crippen LogP contribution < -0.4 is 0 Å². The molecule has 1 aliphatic rings. The molecule has 1 aliphatic heterocycles. The number of carbonyl (C=O) groups is 1. The summed E-state index contributed by atoms with van der Waals surface area (Å²) in [7, 11) is 0. The Balaban J connectivity index is 1.82. The van der Waals surface area contributed by atoms with Crippen molar-refractivity contribution in [3.8, 4) is 11.3 Å². The van der Waals surface area contributed by atoms with Crippen LogP contribution >= 0.6 is 11.8 Å². The summed E-state index contributed by atoms with van der Waals surface area (Å²) in [5.74, 6) is -0.0327. The van der Waals surface area contributed by atoms with Gasteiger partial charge in [0, 0.05) is 13.1 Å². The summed E-state index contributed by atoms with van der Waals surface area (Å²) in [6, 6.07) is 8.87. The summed E-state index contributed by atoms with van der Waals surface area (Å²) in [6.07, 6.45) is 1.25. The van der Waals surface area contributed by atoms with Gasteiger partial charge >= 0.3 is 6.18 Å². The van der Waals surface area contributed by atoms with E-state index in [9.17, 15) is 18.0 Å². The van der Waals surface area contributed by atoms with Crippen LogP contribution in [0.25, 0.3) is 11.3 Å². The summed E-state index contributed by atoms with van der Waals surface area (Å²) < 4.78 is 40.7. The number of aromatic nitrogens is 2. The molecular formula is C20H24F3N3OS. The molecule has 4 nitrogen and oxygen atoms in total. The molecule has 0 saturated carbocycles. The number of rotatable bonds is 5. The molecule has 0 spiro atoms. The number of thioether (sulfide) groups is 1. The average Bonchev–Trinajstić information content (AvgIpc) is 2.86. The molecule has 1 saturated heterocycles. The lowest BCUT2D eigenvalue weighted by atomic mass is 10.2. The van der Waals surface area contributed by atoms with Crippen molar-refractivity contribution >= 4 is 17.7 Å². The van der Waals surface area contributed by atoms with Gasteiger partial charge in [-0.25, -0.2) is 4.98 Å². The summed E-state index contributed by atoms with van der Waals surface area (Å²) in [6.45, 7) is 2.04. The lowest BCUT2D eigenvalue weighted by molar-refractivity contribution is -0.141. The second-order valence-corrected chi connectivity index (χ2v) is 8.30. The van der Waals surface area contributed by atoms with Gasteiger partial charge in [0.05, 0.1) is 17.1 Å². The highest BCUT2D eigenvalue weighted by atomic mass is 32.2. The van der Waals surface area contributed by atoms with Crippen molar-refractivity contribution < 1.29 is 18.0 Å². The minimum atomic E-state index is -4.38. The molecule has 0 radical (unpaired) electrons. The summed E-state index contributed by atoms with van der Waals surface area (Å²) in [5.41, 5.74) is 1.06. The van der Waals surface area contributed by atoms with E-state index >= 15 is 0 Å². The molecule has 0 bridgehead atoms. The molecule has 3 rings (SSSR count). The van der Waals surface area contributed by atoms with Crippen molar-refractivity contribution in [2.24, 2.45) is 0 Å². The third kappa shape index (κ3) is 5.31. The van der Waals surface area contributed by atoms with Crippen molar-refractivity contribution in [1.82, 2.24) is 14.5 Å². The highest BCUT2D eigenvalue weighted by molar-refractivity contribution is 8.00. The SMILES string of the molecule is CC(Sc1ncc(-c2ccccc2)n1CC(F)(F)F)C(=O)N1CCCCCC1. The number of nitrogens with zero attached hydrogens (tertiary/aromatic N) is 3. The molecule has 1 aromatic heterocycles. The van der Waals surface area contributed by atoms with Crippen LogP contribution in [0.5, 0.6) is 0 Å². The Morgan fingerprint density at radius 2 is 1.79 bits per heavy atom. The smallest absolute Gasteiger partial charge is 0.342 e. The minimum absolute atomic E-state index is 0.0327. The van der Waals surface area contributed by atoms with Crippen LogP contribution in [-0.2, 0) is 11.3 Å². The van der Waals surface area contributed by atoms with Crippen molar-refractivity contribution in [2.75, 3.05) is 13.1 Å². The van der Waals surface area contributed by atoms with Crippen LogP contribution in [-0.4, -0.2) is 44.9 Å². The fourth-order valence-corrected chi connectivity index (χ4v) is 4.35. The van der Waals surface area contributed by atoms with E-state index in [1.807, 2.05) is 11.0 Å². The van der Waals surface area contributed by atoms with Crippen molar-refractivity contribution in [1.29, 1.82) is 0 Å². The molecule has 152 valence electrons. The molecule has 28 heavy (non-hydrogen) atoms. The Morgan fingerprint density at radius 1 is 1.14 bits per heavy atom. The second-order valence-electron chi connectivity index (χ2n) is 6.99. The molecule has 0 aliphatic carbocycles. The zero-order valence-corrected chi connectivity index (χ0v) is 16.6. The average molecular weight is 411 g/mol. The topological polar surface area (TPSA) is 38.1 Å². The first-order chi connectivity index (χ1) is 13.3. The number of alkyl halides is 3. The van der Waals surface area contributed by atoms with E-state index in [1.54, 1.807) is 31.2 Å². The molecule has 2 heterocycles. The van der Waals surface area contributed by atoms with Gasteiger partial charge in [-0.1, -0.05) is 54.9 Å². The number of halogens is 3. The summed E-state index contributed by atoms with van der Waals surface area (Å²) in [4.78, 5) is 18.8. The van der Waals surface area contributed by atoms with Gasteiger partial charge in [0.1, 0.15) is 6.54 Å². The monoisotopic (exact) mass is 411 g/mol. The number of carbonyl (C=O) groups excluding carboxylic acids is 1. The molecule has 0 N–H and O–H groups in total. The quantitative estimate of drug-likeness (QED) is 0.650. The highest BCUT2D eigenvalue weighted by Crippen LogP contribution is 2.32. The third-order valence-electron chi connectivity index (χ3n) is 4.77. The fraction of sp³-hybridized carbons (Fsp3) is 0.500. The third-order valence-corrected chi connectivity index (χ3v) is 5.87. The number of hydrogen-bond donors (Lipinski definition) is 0. The highest BCUT2D eigenvalue weighted by Gasteiger charge is 2.32. The first kappa shape index (κ1) is 20.8. The van der Waals surface area contributed by atoms with Gasteiger partial charge in [-0.05, 0) is 25.3 Å². The van der Waals surface area contributed by atoms with Crippen molar-refractivity contribution in [2.45, 2.75) is 55.7 Å². The summed E-state index contributed by atoms with van der Waals surface area (Å²) in [5, 5.41) is -0.275. The molecule has 1 amide bonds. The lowest BCUT2D eigenvalue weighted by Crippen LogP contribution is -2.37. The van der Waals surface area contributed by atoms with Gasteiger partial charge < -0.3 is 9.47 Å². The van der Waals surface area contributed by atoms with E-state index in [0.717, 1.165) is 55.1 Å². The Bertz CT molecular complexity index is 784. The normalized spacial score (nSPS) is 16.6. The number of hydrogen-bond acceptors (Lipinski definition) is 3. The van der Waals surface area contributed by atoms with Gasteiger partial charge in [-0.15, -0.1) is 0 Å². The van der Waals surface area contributed by atoms with Crippen LogP contribution in [0.1, 0.15) is 32.6 Å². The molecule has 2 aromatic rings. The van der Waals surface area contributed by atoms with E-state index in [2.05, 4.69) is 4.98 Å². The van der Waals surface area contributed by atoms with Crippen LogP contribution in [0.2, 0.25) is 0 Å². The maximum Gasteiger partial charge on any atom is 0.406 e. The number of imidazole rings is 1. The maximum atomic E-state index is 13.2. The van der Waals surface area contributed by atoms with Crippen molar-refractivity contribution in [3.63, 3.8) is 0 Å². The van der Waals surface area contributed by atoms with Gasteiger partial charge in [-0.3, -0.25) is 4.79 Å². The van der Waals surface area contributed by atoms with E-state index in [-0.39, 0.29) is 11.1 Å². The number of benzene rings is 1. The maximum absolute atomic E-state index is 13.2. The number of likely N-dealkylation sites (tertiary alicyclic amines) is 1. The number of amides is 1. The molecular weight excluding hydrogens is 387 g/mol. The lowest BCUT2D eigenvalue weighted by Gasteiger charge is -2.24. The first-order valence-electron chi connectivity index (χ1n) is 9.48. The fourth-order valence-electron chi connectivity index (χ4n) is 3.38. The van der Waals surface area contributed by atoms with Crippen LogP contribution in [0.15, 0.2) is 41.7 Å². The van der Waals surface area contributed by atoms with E-state index in [0.29, 0.717) is 11.3 Å². The van der Waals surface area contributed by atoms with Crippen molar-refractivity contribution in [3.05, 3.63) is 36.5 Å². The molecule has 1 fully saturated rings. The van der Waals surface area contributed by atoms with Gasteiger partial charge in [0.2, 0.25) is 5.91 Å². The zero-order valence-electron chi connectivity index (χ0n) is 15.8. The molecule has 1 atom stereocenters. The largest absolute Gasteiger partial charge is 0.406 e. The standard InChI is InChI=1S/C20H24F3N3OS/c1-15(18(27)25-11-7-2-3-8-12-25)28-19-24-13-17(16-9-5-4-6-10-16)26(19)14-20(21,22)23/h4-6,9-10,13,15H,2-3,7-8,11-12,14H2,1H3. The molecule has 1 unspecified atom stereocenters. The Labute approximate surface area is 167 Å². The first-order valence-corrected chi connectivity index (χ1v) is 10.4. The van der Waals surface area contributed by atoms with Crippen LogP contribution in [0.4, 0.5) is 13.2 Å². The Morgan fingerprint density at radius 3 is 2.39 bits per heavy atom. The van der Waals surface area contributed by atoms with E-state index in [4.69, 9.17) is 0 Å². The summed E-state index contributed by atoms with van der Waals surface area (Å²) >= 11 is 1.10.